The molecule has 1 unspecified atom stereocenters. The molecular weight excluding hydrogens is 394 g/mol. The fraction of sp³-hybridized carbons (Fsp3) is 0.412. The number of aliphatic hydroxyl groups excluding tert-OH is 1. The molecule has 1 aliphatic rings. The molecule has 1 aliphatic carbocycles. The third kappa shape index (κ3) is 4.22. The number of Topliss-reactive ketones (excluding diaryl/α,β-unsaturated/α-hetero) is 2. The Hall–Kier alpha value is -1.57. The van der Waals surface area contributed by atoms with Gasteiger partial charge in [0.15, 0.2) is 5.78 Å². The van der Waals surface area contributed by atoms with Gasteiger partial charge in [-0.15, -0.1) is 0 Å². The second-order valence-corrected chi connectivity index (χ2v) is 6.72. The van der Waals surface area contributed by atoms with Crippen LogP contribution in [0.3, 0.4) is 0 Å². The molecule has 2 rings (SSSR count). The average Bonchev–Trinajstić information content (AvgIpc) is 2.57. The van der Waals surface area contributed by atoms with Crippen molar-refractivity contribution in [2.75, 3.05) is 7.05 Å². The second-order valence-electron chi connectivity index (χ2n) is 5.94. The minimum Gasteiger partial charge on any atom is -0.511 e. The van der Waals surface area contributed by atoms with Crippen LogP contribution in [-0.2, 0) is 11.3 Å². The Kier molecular flexibility index (Phi) is 6.71. The smallest absolute Gasteiger partial charge is 0.282 e. The summed E-state index contributed by atoms with van der Waals surface area (Å²) in [7, 11) is 1.12. The fourth-order valence-electron chi connectivity index (χ4n) is 2.67. The van der Waals surface area contributed by atoms with Crippen molar-refractivity contribution in [1.29, 1.82) is 0 Å². The maximum Gasteiger partial charge on any atom is 0.282 e. The number of halogens is 5. The number of hydrogen-bond donors (Lipinski definition) is 1. The van der Waals surface area contributed by atoms with E-state index in [9.17, 15) is 27.9 Å². The number of carbonyl (C=O) groups excluding carboxylic acids is 2. The van der Waals surface area contributed by atoms with Gasteiger partial charge < -0.3 is 5.11 Å². The van der Waals surface area contributed by atoms with Crippen LogP contribution in [0.2, 0.25) is 10.0 Å². The molecule has 0 bridgehead atoms. The van der Waals surface area contributed by atoms with E-state index in [1.165, 1.54) is 12.1 Å². The van der Waals surface area contributed by atoms with Gasteiger partial charge in [0, 0.05) is 35.5 Å². The molecule has 0 aliphatic heterocycles. The van der Waals surface area contributed by atoms with Crippen LogP contribution < -0.4 is 0 Å². The molecule has 142 valence electrons. The van der Waals surface area contributed by atoms with Crippen LogP contribution in [0, 0.1) is 0 Å². The van der Waals surface area contributed by atoms with E-state index >= 15 is 0 Å². The van der Waals surface area contributed by atoms with E-state index in [2.05, 4.69) is 0 Å². The molecule has 0 fully saturated rings. The van der Waals surface area contributed by atoms with E-state index in [-0.39, 0.29) is 51.9 Å². The molecule has 0 saturated carbocycles. The van der Waals surface area contributed by atoms with E-state index in [1.807, 2.05) is 0 Å². The van der Waals surface area contributed by atoms with E-state index in [0.29, 0.717) is 11.3 Å². The first kappa shape index (κ1) is 20.7. The second kappa shape index (κ2) is 8.41. The minimum atomic E-state index is -3.22. The lowest BCUT2D eigenvalue weighted by molar-refractivity contribution is -0.116. The highest BCUT2D eigenvalue weighted by molar-refractivity contribution is 6.40. The summed E-state index contributed by atoms with van der Waals surface area (Å²) in [6.07, 6.45) is -4.98. The quantitative estimate of drug-likeness (QED) is 0.419. The lowest BCUT2D eigenvalue weighted by Gasteiger charge is -2.22. The molecule has 0 radical (unpaired) electrons. The van der Waals surface area contributed by atoms with Crippen molar-refractivity contribution >= 4 is 34.8 Å². The van der Waals surface area contributed by atoms with Crippen molar-refractivity contribution in [3.8, 4) is 0 Å². The molecule has 1 N–H and O–H groups in total. The molecular formula is C17H16Cl2F3NO3. The van der Waals surface area contributed by atoms with E-state index in [0.717, 1.165) is 7.05 Å². The van der Waals surface area contributed by atoms with Crippen molar-refractivity contribution in [1.82, 2.24) is 4.90 Å². The van der Waals surface area contributed by atoms with Crippen LogP contribution in [0.1, 0.15) is 35.2 Å². The Bertz CT molecular complexity index is 768. The van der Waals surface area contributed by atoms with Gasteiger partial charge in [-0.3, -0.25) is 14.5 Å². The van der Waals surface area contributed by atoms with Crippen molar-refractivity contribution in [2.45, 2.75) is 38.5 Å². The van der Waals surface area contributed by atoms with Gasteiger partial charge >= 0.3 is 0 Å². The van der Waals surface area contributed by atoms with Gasteiger partial charge in [0.2, 0.25) is 12.1 Å². The molecule has 26 heavy (non-hydrogen) atoms. The molecule has 4 nitrogen and oxygen atoms in total. The number of allylic oxidation sites excluding steroid dienone is 2. The van der Waals surface area contributed by atoms with Crippen molar-refractivity contribution in [2.24, 2.45) is 0 Å². The van der Waals surface area contributed by atoms with Gasteiger partial charge in [0.25, 0.3) is 6.43 Å². The topological polar surface area (TPSA) is 57.6 Å². The predicted octanol–water partition coefficient (Wildman–Crippen LogP) is 4.73. The average molecular weight is 410 g/mol. The first-order valence-corrected chi connectivity index (χ1v) is 8.50. The lowest BCUT2D eigenvalue weighted by atomic mass is 9.90. The van der Waals surface area contributed by atoms with Crippen LogP contribution in [0.25, 0.3) is 0 Å². The van der Waals surface area contributed by atoms with E-state index < -0.39 is 24.3 Å². The van der Waals surface area contributed by atoms with Gasteiger partial charge in [-0.1, -0.05) is 23.2 Å². The highest BCUT2D eigenvalue weighted by Crippen LogP contribution is 2.33. The molecule has 0 aromatic heterocycles. The van der Waals surface area contributed by atoms with Gasteiger partial charge in [0.05, 0.1) is 5.02 Å². The molecule has 0 saturated heterocycles. The van der Waals surface area contributed by atoms with Crippen LogP contribution in [0.15, 0.2) is 23.5 Å². The van der Waals surface area contributed by atoms with Crippen LogP contribution in [-0.4, -0.2) is 41.3 Å². The normalized spacial score (nSPS) is 16.5. The number of rotatable bonds is 6. The van der Waals surface area contributed by atoms with E-state index in [1.54, 1.807) is 0 Å². The summed E-state index contributed by atoms with van der Waals surface area (Å²) in [6, 6.07) is 2.59. The van der Waals surface area contributed by atoms with Crippen molar-refractivity contribution in [3.05, 3.63) is 44.6 Å². The summed E-state index contributed by atoms with van der Waals surface area (Å²) in [5, 5.41) is 9.78. The standard InChI is InChI=1S/C17H16Cl2F3NO3/c1-23(17(22)16(20)21)7-9-10(18)6-5-8(14(9)19)15(26)13-11(24)3-2-4-12(13)25/h5-6,16-17,24H,2-4,7H2,1H3. The third-order valence-corrected chi connectivity index (χ3v) is 4.86. The highest BCUT2D eigenvalue weighted by atomic mass is 35.5. The molecule has 1 aromatic carbocycles. The molecule has 0 spiro atoms. The fourth-order valence-corrected chi connectivity index (χ4v) is 3.24. The third-order valence-electron chi connectivity index (χ3n) is 4.08. The number of alkyl halides is 3. The molecule has 9 heteroatoms. The first-order chi connectivity index (χ1) is 12.1. The summed E-state index contributed by atoms with van der Waals surface area (Å²) in [4.78, 5) is 25.3. The zero-order valence-corrected chi connectivity index (χ0v) is 15.3. The van der Waals surface area contributed by atoms with Gasteiger partial charge in [0.1, 0.15) is 11.3 Å². The molecule has 0 amide bonds. The van der Waals surface area contributed by atoms with Crippen molar-refractivity contribution < 1.29 is 27.9 Å². The minimum absolute atomic E-state index is 0.0630. The predicted molar refractivity (Wildman–Crippen MR) is 91.7 cm³/mol. The zero-order chi connectivity index (χ0) is 19.6. The molecule has 1 aromatic rings. The number of benzene rings is 1. The van der Waals surface area contributed by atoms with Crippen LogP contribution in [0.5, 0.6) is 0 Å². The Balaban J connectivity index is 2.40. The maximum atomic E-state index is 13.5. The van der Waals surface area contributed by atoms with E-state index in [4.69, 9.17) is 23.2 Å². The monoisotopic (exact) mass is 409 g/mol. The zero-order valence-electron chi connectivity index (χ0n) is 13.7. The summed E-state index contributed by atoms with van der Waals surface area (Å²) in [5.41, 5.74) is -0.368. The number of carbonyl (C=O) groups is 2. The Morgan fingerprint density at radius 3 is 2.50 bits per heavy atom. The summed E-state index contributed by atoms with van der Waals surface area (Å²) >= 11 is 12.2. The Labute approximate surface area is 158 Å². The van der Waals surface area contributed by atoms with Gasteiger partial charge in [-0.05, 0) is 25.6 Å². The lowest BCUT2D eigenvalue weighted by Crippen LogP contribution is -2.33. The number of ketones is 2. The maximum absolute atomic E-state index is 13.5. The number of aliphatic hydroxyl groups is 1. The molecule has 1 atom stereocenters. The van der Waals surface area contributed by atoms with Crippen molar-refractivity contribution in [3.63, 3.8) is 0 Å². The SMILES string of the molecule is CN(Cc1c(Cl)ccc(C(=O)C2=C(O)CCCC2=O)c1Cl)C(F)C(F)F. The van der Waals surface area contributed by atoms with Gasteiger partial charge in [-0.2, -0.15) is 0 Å². The summed E-state index contributed by atoms with van der Waals surface area (Å²) in [5.74, 6) is -1.58. The molecule has 0 heterocycles. The summed E-state index contributed by atoms with van der Waals surface area (Å²) < 4.78 is 38.5. The van der Waals surface area contributed by atoms with Gasteiger partial charge in [-0.25, -0.2) is 13.2 Å². The summed E-state index contributed by atoms with van der Waals surface area (Å²) in [6.45, 7) is -0.372. The first-order valence-electron chi connectivity index (χ1n) is 7.74. The van der Waals surface area contributed by atoms with Crippen LogP contribution in [0.4, 0.5) is 13.2 Å². The highest BCUT2D eigenvalue weighted by Gasteiger charge is 2.30. The van der Waals surface area contributed by atoms with Crippen LogP contribution >= 0.6 is 23.2 Å². The Morgan fingerprint density at radius 1 is 1.27 bits per heavy atom. The Morgan fingerprint density at radius 2 is 1.92 bits per heavy atom. The number of hydrogen-bond acceptors (Lipinski definition) is 4. The largest absolute Gasteiger partial charge is 0.511 e. The number of nitrogens with zero attached hydrogens (tertiary/aromatic N) is 1.